The van der Waals surface area contributed by atoms with E-state index in [1.807, 2.05) is 0 Å². The van der Waals surface area contributed by atoms with Crippen LogP contribution < -0.4 is 11.1 Å². The van der Waals surface area contributed by atoms with E-state index in [-0.39, 0.29) is 22.3 Å². The van der Waals surface area contributed by atoms with Gasteiger partial charge in [0.2, 0.25) is 0 Å². The van der Waals surface area contributed by atoms with Gasteiger partial charge in [0.15, 0.2) is 11.5 Å². The molecular formula is C14H11ClN4O2. The summed E-state index contributed by atoms with van der Waals surface area (Å²) in [4.78, 5) is 20.2. The van der Waals surface area contributed by atoms with Crippen LogP contribution in [0.3, 0.4) is 0 Å². The van der Waals surface area contributed by atoms with Crippen LogP contribution in [0.1, 0.15) is 16.2 Å². The fraction of sp³-hybridized carbons (Fsp3) is 0.0714. The van der Waals surface area contributed by atoms with Crippen molar-refractivity contribution in [2.24, 2.45) is 0 Å². The van der Waals surface area contributed by atoms with Gasteiger partial charge in [-0.25, -0.2) is 9.97 Å². The molecule has 21 heavy (non-hydrogen) atoms. The largest absolute Gasteiger partial charge is 0.441 e. The lowest BCUT2D eigenvalue weighted by atomic mass is 10.2. The van der Waals surface area contributed by atoms with Crippen molar-refractivity contribution in [2.75, 3.05) is 11.1 Å². The molecule has 0 unspecified atom stereocenters. The Bertz CT molecular complexity index is 844. The maximum atomic E-state index is 12.2. The second-order valence-corrected chi connectivity index (χ2v) is 4.85. The van der Waals surface area contributed by atoms with E-state index in [9.17, 15) is 4.79 Å². The molecule has 0 bridgehead atoms. The summed E-state index contributed by atoms with van der Waals surface area (Å²) in [6, 6.07) is 6.62. The molecule has 6 nitrogen and oxygen atoms in total. The van der Waals surface area contributed by atoms with Crippen LogP contribution in [0, 0.1) is 6.92 Å². The van der Waals surface area contributed by atoms with E-state index in [0.717, 1.165) is 0 Å². The van der Waals surface area contributed by atoms with Gasteiger partial charge >= 0.3 is 0 Å². The molecule has 2 heterocycles. The van der Waals surface area contributed by atoms with Gasteiger partial charge in [0.05, 0.1) is 17.4 Å². The minimum atomic E-state index is -0.364. The van der Waals surface area contributed by atoms with Crippen molar-refractivity contribution >= 4 is 40.0 Å². The lowest BCUT2D eigenvalue weighted by molar-refractivity contribution is 0.102. The molecule has 0 fully saturated rings. The van der Waals surface area contributed by atoms with Gasteiger partial charge in [-0.05, 0) is 24.3 Å². The molecule has 0 saturated heterocycles. The Morgan fingerprint density at radius 3 is 3.00 bits per heavy atom. The van der Waals surface area contributed by atoms with E-state index < -0.39 is 0 Å². The first-order valence-electron chi connectivity index (χ1n) is 6.12. The number of carbonyl (C=O) groups excluding carboxylic acids is 1. The summed E-state index contributed by atoms with van der Waals surface area (Å²) in [5.41, 5.74) is 8.18. The third-order valence-electron chi connectivity index (χ3n) is 2.90. The minimum Gasteiger partial charge on any atom is -0.441 e. The number of carbonyl (C=O) groups is 1. The molecule has 106 valence electrons. The number of halogens is 1. The molecule has 0 spiro atoms. The Balaban J connectivity index is 1.90. The van der Waals surface area contributed by atoms with Crippen LogP contribution in [0.15, 0.2) is 34.9 Å². The standard InChI is InChI=1S/C14H11ClN4O2/c1-7-18-11-4-8(2-3-12(11)21-7)19-14(20)9-5-13(15)17-6-10(9)16/h2-6H,16H2,1H3,(H,19,20). The fourth-order valence-corrected chi connectivity index (χ4v) is 2.11. The number of nitrogens with one attached hydrogen (secondary N) is 1. The van der Waals surface area contributed by atoms with Crippen molar-refractivity contribution in [3.05, 3.63) is 47.1 Å². The van der Waals surface area contributed by atoms with Gasteiger partial charge in [0, 0.05) is 12.6 Å². The quantitative estimate of drug-likeness (QED) is 0.710. The first-order chi connectivity index (χ1) is 10.0. The van der Waals surface area contributed by atoms with Crippen LogP contribution in [-0.2, 0) is 0 Å². The lowest BCUT2D eigenvalue weighted by Crippen LogP contribution is -2.14. The number of amides is 1. The zero-order valence-corrected chi connectivity index (χ0v) is 11.8. The summed E-state index contributed by atoms with van der Waals surface area (Å²) in [6.07, 6.45) is 1.35. The summed E-state index contributed by atoms with van der Waals surface area (Å²) in [5.74, 6) is 0.204. The molecule has 3 rings (SSSR count). The van der Waals surface area contributed by atoms with E-state index in [1.165, 1.54) is 12.3 Å². The van der Waals surface area contributed by atoms with Crippen molar-refractivity contribution in [3.63, 3.8) is 0 Å². The number of hydrogen-bond donors (Lipinski definition) is 2. The number of nitrogen functional groups attached to an aromatic ring is 1. The number of anilines is 2. The third kappa shape index (κ3) is 2.66. The third-order valence-corrected chi connectivity index (χ3v) is 3.11. The normalized spacial score (nSPS) is 10.8. The number of pyridine rings is 1. The van der Waals surface area contributed by atoms with Gasteiger partial charge in [-0.15, -0.1) is 0 Å². The number of nitrogens with zero attached hydrogens (tertiary/aromatic N) is 2. The van der Waals surface area contributed by atoms with Gasteiger partial charge in [-0.1, -0.05) is 11.6 Å². The molecule has 3 aromatic rings. The Morgan fingerprint density at radius 2 is 2.19 bits per heavy atom. The number of oxazole rings is 1. The first kappa shape index (κ1) is 13.4. The Kier molecular flexibility index (Phi) is 3.23. The molecular weight excluding hydrogens is 292 g/mol. The van der Waals surface area contributed by atoms with Crippen molar-refractivity contribution in [3.8, 4) is 0 Å². The monoisotopic (exact) mass is 302 g/mol. The maximum absolute atomic E-state index is 12.2. The summed E-state index contributed by atoms with van der Waals surface area (Å²) in [7, 11) is 0. The molecule has 0 radical (unpaired) electrons. The zero-order valence-electron chi connectivity index (χ0n) is 11.1. The predicted molar refractivity (Wildman–Crippen MR) is 80.4 cm³/mol. The number of nitrogens with two attached hydrogens (primary N) is 1. The smallest absolute Gasteiger partial charge is 0.257 e. The van der Waals surface area contributed by atoms with Crippen LogP contribution >= 0.6 is 11.6 Å². The van der Waals surface area contributed by atoms with Gasteiger partial charge in [-0.2, -0.15) is 0 Å². The Hall–Kier alpha value is -2.60. The van der Waals surface area contributed by atoms with E-state index in [4.69, 9.17) is 21.8 Å². The maximum Gasteiger partial charge on any atom is 0.257 e. The molecule has 0 aliphatic heterocycles. The van der Waals surface area contributed by atoms with E-state index >= 15 is 0 Å². The van der Waals surface area contributed by atoms with E-state index in [1.54, 1.807) is 25.1 Å². The number of aromatic nitrogens is 2. The molecule has 0 saturated carbocycles. The molecule has 0 atom stereocenters. The lowest BCUT2D eigenvalue weighted by Gasteiger charge is -2.07. The van der Waals surface area contributed by atoms with Crippen LogP contribution in [0.2, 0.25) is 5.15 Å². The van der Waals surface area contributed by atoms with Crippen LogP contribution in [0.5, 0.6) is 0 Å². The molecule has 3 N–H and O–H groups in total. The zero-order chi connectivity index (χ0) is 15.0. The Labute approximate surface area is 124 Å². The van der Waals surface area contributed by atoms with Crippen LogP contribution in [0.4, 0.5) is 11.4 Å². The Morgan fingerprint density at radius 1 is 1.38 bits per heavy atom. The summed E-state index contributed by atoms with van der Waals surface area (Å²) < 4.78 is 5.38. The average molecular weight is 303 g/mol. The summed E-state index contributed by atoms with van der Waals surface area (Å²) >= 11 is 5.78. The van der Waals surface area contributed by atoms with Crippen LogP contribution in [-0.4, -0.2) is 15.9 Å². The van der Waals surface area contributed by atoms with Crippen molar-refractivity contribution in [1.82, 2.24) is 9.97 Å². The highest BCUT2D eigenvalue weighted by molar-refractivity contribution is 6.30. The number of hydrogen-bond acceptors (Lipinski definition) is 5. The fourth-order valence-electron chi connectivity index (χ4n) is 1.96. The van der Waals surface area contributed by atoms with Crippen molar-refractivity contribution in [2.45, 2.75) is 6.92 Å². The summed E-state index contributed by atoms with van der Waals surface area (Å²) in [5, 5.41) is 2.95. The van der Waals surface area contributed by atoms with E-state index in [0.29, 0.717) is 22.7 Å². The molecule has 1 aromatic carbocycles. The number of aryl methyl sites for hydroxylation is 1. The highest BCUT2D eigenvalue weighted by Crippen LogP contribution is 2.21. The highest BCUT2D eigenvalue weighted by Gasteiger charge is 2.12. The number of rotatable bonds is 2. The highest BCUT2D eigenvalue weighted by atomic mass is 35.5. The topological polar surface area (TPSA) is 94.0 Å². The van der Waals surface area contributed by atoms with Gasteiger partial charge in [0.25, 0.3) is 5.91 Å². The van der Waals surface area contributed by atoms with Crippen molar-refractivity contribution < 1.29 is 9.21 Å². The number of benzene rings is 1. The SMILES string of the molecule is Cc1nc2cc(NC(=O)c3cc(Cl)ncc3N)ccc2o1. The minimum absolute atomic E-state index is 0.205. The number of fused-ring (bicyclic) bond motifs is 1. The van der Waals surface area contributed by atoms with Crippen LogP contribution in [0.25, 0.3) is 11.1 Å². The van der Waals surface area contributed by atoms with E-state index in [2.05, 4.69) is 15.3 Å². The molecule has 1 amide bonds. The molecule has 0 aliphatic carbocycles. The van der Waals surface area contributed by atoms with Gasteiger partial charge in [-0.3, -0.25) is 4.79 Å². The van der Waals surface area contributed by atoms with Gasteiger partial charge < -0.3 is 15.5 Å². The second-order valence-electron chi connectivity index (χ2n) is 4.46. The first-order valence-corrected chi connectivity index (χ1v) is 6.50. The second kappa shape index (κ2) is 5.06. The predicted octanol–water partition coefficient (Wildman–Crippen LogP) is 3.02. The van der Waals surface area contributed by atoms with Gasteiger partial charge in [0.1, 0.15) is 10.7 Å². The average Bonchev–Trinajstić information content (AvgIpc) is 2.80. The van der Waals surface area contributed by atoms with Crippen molar-refractivity contribution in [1.29, 1.82) is 0 Å². The molecule has 7 heteroatoms. The molecule has 0 aliphatic rings. The summed E-state index contributed by atoms with van der Waals surface area (Å²) in [6.45, 7) is 1.76. The molecule has 2 aromatic heterocycles.